The van der Waals surface area contributed by atoms with Gasteiger partial charge in [0.25, 0.3) is 11.6 Å². The number of hydrogen-bond acceptors (Lipinski definition) is 5. The fourth-order valence-electron chi connectivity index (χ4n) is 1.68. The Labute approximate surface area is 116 Å². The van der Waals surface area contributed by atoms with Crippen LogP contribution >= 0.6 is 12.4 Å². The van der Waals surface area contributed by atoms with Gasteiger partial charge in [0.05, 0.1) is 16.2 Å². The SMILES string of the molecule is Cc1ncc([N+](=O)[O-])cc1C(=O)NCC1CNC1.Cl. The normalized spacial score (nSPS) is 14.2. The summed E-state index contributed by atoms with van der Waals surface area (Å²) in [5.41, 5.74) is 0.581. The standard InChI is InChI=1S/C11H14N4O3.ClH/c1-7-10(2-9(6-13-7)15(17)18)11(16)14-5-8-3-12-4-8;/h2,6,8,12H,3-5H2,1H3,(H,14,16);1H. The molecule has 2 heterocycles. The number of carbonyl (C=O) groups is 1. The molecule has 0 saturated carbocycles. The fourth-order valence-corrected chi connectivity index (χ4v) is 1.68. The molecule has 7 nitrogen and oxygen atoms in total. The number of pyridine rings is 1. The van der Waals surface area contributed by atoms with E-state index in [1.165, 1.54) is 6.07 Å². The number of nitrogens with one attached hydrogen (secondary N) is 2. The molecule has 8 heteroatoms. The maximum absolute atomic E-state index is 11.9. The first kappa shape index (κ1) is 15.3. The van der Waals surface area contributed by atoms with Crippen molar-refractivity contribution in [3.05, 3.63) is 33.6 Å². The molecular weight excluding hydrogens is 272 g/mol. The topological polar surface area (TPSA) is 97.2 Å². The molecule has 1 fully saturated rings. The van der Waals surface area contributed by atoms with Crippen LogP contribution in [0.3, 0.4) is 0 Å². The summed E-state index contributed by atoms with van der Waals surface area (Å²) < 4.78 is 0. The minimum atomic E-state index is -0.556. The number of aromatic nitrogens is 1. The predicted molar refractivity (Wildman–Crippen MR) is 71.6 cm³/mol. The first-order valence-corrected chi connectivity index (χ1v) is 5.68. The largest absolute Gasteiger partial charge is 0.352 e. The minimum absolute atomic E-state index is 0. The lowest BCUT2D eigenvalue weighted by Gasteiger charge is -2.27. The number of aryl methyl sites for hydroxylation is 1. The molecule has 1 amide bonds. The van der Waals surface area contributed by atoms with Crippen LogP contribution in [0.4, 0.5) is 5.69 Å². The molecule has 1 aromatic rings. The van der Waals surface area contributed by atoms with Crippen LogP contribution in [0.5, 0.6) is 0 Å². The molecular formula is C11H15ClN4O3. The summed E-state index contributed by atoms with van der Waals surface area (Å²) in [7, 11) is 0. The van der Waals surface area contributed by atoms with E-state index in [1.54, 1.807) is 6.92 Å². The Morgan fingerprint density at radius 3 is 2.84 bits per heavy atom. The van der Waals surface area contributed by atoms with Crippen molar-refractivity contribution in [1.82, 2.24) is 15.6 Å². The molecule has 1 aromatic heterocycles. The molecule has 0 atom stereocenters. The predicted octanol–water partition coefficient (Wildman–Crippen LogP) is 0.669. The highest BCUT2D eigenvalue weighted by Gasteiger charge is 2.20. The van der Waals surface area contributed by atoms with E-state index in [4.69, 9.17) is 0 Å². The number of rotatable bonds is 4. The van der Waals surface area contributed by atoms with Gasteiger partial charge in [-0.1, -0.05) is 0 Å². The summed E-state index contributed by atoms with van der Waals surface area (Å²) in [5, 5.41) is 16.5. The van der Waals surface area contributed by atoms with Gasteiger partial charge in [-0.05, 0) is 6.92 Å². The van der Waals surface area contributed by atoms with Crippen LogP contribution in [0.15, 0.2) is 12.3 Å². The second-order valence-corrected chi connectivity index (χ2v) is 4.32. The average Bonchev–Trinajstić information content (AvgIpc) is 2.26. The Morgan fingerprint density at radius 2 is 2.32 bits per heavy atom. The lowest BCUT2D eigenvalue weighted by molar-refractivity contribution is -0.385. The zero-order chi connectivity index (χ0) is 13.1. The second kappa shape index (κ2) is 6.44. The molecule has 0 aromatic carbocycles. The number of nitrogens with zero attached hydrogens (tertiary/aromatic N) is 2. The Balaban J connectivity index is 0.00000180. The highest BCUT2D eigenvalue weighted by Crippen LogP contribution is 2.14. The zero-order valence-electron chi connectivity index (χ0n) is 10.4. The van der Waals surface area contributed by atoms with Crippen molar-refractivity contribution >= 4 is 24.0 Å². The highest BCUT2D eigenvalue weighted by molar-refractivity contribution is 5.95. The van der Waals surface area contributed by atoms with Crippen molar-refractivity contribution in [2.45, 2.75) is 6.92 Å². The van der Waals surface area contributed by atoms with Crippen LogP contribution < -0.4 is 10.6 Å². The van der Waals surface area contributed by atoms with Gasteiger partial charge in [-0.2, -0.15) is 0 Å². The number of halogens is 1. The van der Waals surface area contributed by atoms with Gasteiger partial charge >= 0.3 is 0 Å². The quantitative estimate of drug-likeness (QED) is 0.626. The van der Waals surface area contributed by atoms with Gasteiger partial charge in [-0.15, -0.1) is 12.4 Å². The molecule has 0 radical (unpaired) electrons. The van der Waals surface area contributed by atoms with E-state index in [0.29, 0.717) is 18.2 Å². The van der Waals surface area contributed by atoms with Gasteiger partial charge in [-0.25, -0.2) is 0 Å². The van der Waals surface area contributed by atoms with Crippen LogP contribution in [0.25, 0.3) is 0 Å². The summed E-state index contributed by atoms with van der Waals surface area (Å²) in [6, 6.07) is 1.26. The van der Waals surface area contributed by atoms with Crippen molar-refractivity contribution in [1.29, 1.82) is 0 Å². The smallest absolute Gasteiger partial charge is 0.288 e. The molecule has 19 heavy (non-hydrogen) atoms. The molecule has 1 aliphatic rings. The van der Waals surface area contributed by atoms with Gasteiger partial charge in [0.2, 0.25) is 0 Å². The van der Waals surface area contributed by atoms with Crippen molar-refractivity contribution in [3.8, 4) is 0 Å². The third-order valence-electron chi connectivity index (χ3n) is 2.95. The Bertz CT molecular complexity index is 491. The Kier molecular flexibility index (Phi) is 5.20. The molecule has 1 saturated heterocycles. The summed E-state index contributed by atoms with van der Waals surface area (Å²) in [6.45, 7) is 4.02. The van der Waals surface area contributed by atoms with Gasteiger partial charge in [0.1, 0.15) is 6.20 Å². The monoisotopic (exact) mass is 286 g/mol. The average molecular weight is 287 g/mol. The first-order chi connectivity index (χ1) is 8.58. The molecule has 0 bridgehead atoms. The lowest BCUT2D eigenvalue weighted by Crippen LogP contribution is -2.48. The molecule has 0 spiro atoms. The third-order valence-corrected chi connectivity index (χ3v) is 2.95. The van der Waals surface area contributed by atoms with Gasteiger partial charge in [-0.3, -0.25) is 19.9 Å². The number of hydrogen-bond donors (Lipinski definition) is 2. The highest BCUT2D eigenvalue weighted by atomic mass is 35.5. The Morgan fingerprint density at radius 1 is 1.63 bits per heavy atom. The van der Waals surface area contributed by atoms with Crippen molar-refractivity contribution in [2.75, 3.05) is 19.6 Å². The van der Waals surface area contributed by atoms with Crippen LogP contribution in [0, 0.1) is 23.0 Å². The molecule has 104 valence electrons. The van der Waals surface area contributed by atoms with Gasteiger partial charge < -0.3 is 10.6 Å². The van der Waals surface area contributed by atoms with Gasteiger partial charge in [0, 0.05) is 31.6 Å². The van der Waals surface area contributed by atoms with Crippen molar-refractivity contribution < 1.29 is 9.72 Å². The van der Waals surface area contributed by atoms with E-state index in [-0.39, 0.29) is 29.6 Å². The van der Waals surface area contributed by atoms with Crippen molar-refractivity contribution in [3.63, 3.8) is 0 Å². The van der Waals surface area contributed by atoms with Crippen LogP contribution in [-0.2, 0) is 0 Å². The van der Waals surface area contributed by atoms with Crippen molar-refractivity contribution in [2.24, 2.45) is 5.92 Å². The van der Waals surface area contributed by atoms with E-state index in [9.17, 15) is 14.9 Å². The molecule has 2 rings (SSSR count). The maximum Gasteiger partial charge on any atom is 0.288 e. The van der Waals surface area contributed by atoms with E-state index >= 15 is 0 Å². The zero-order valence-corrected chi connectivity index (χ0v) is 11.2. The number of carbonyl (C=O) groups excluding carboxylic acids is 1. The summed E-state index contributed by atoms with van der Waals surface area (Å²) in [5.74, 6) is 0.136. The van der Waals surface area contributed by atoms with E-state index in [0.717, 1.165) is 19.3 Å². The second-order valence-electron chi connectivity index (χ2n) is 4.32. The Hall–Kier alpha value is -1.73. The molecule has 0 aliphatic carbocycles. The molecule has 1 aliphatic heterocycles. The van der Waals surface area contributed by atoms with E-state index in [1.807, 2.05) is 0 Å². The third kappa shape index (κ3) is 3.62. The lowest BCUT2D eigenvalue weighted by atomic mass is 10.0. The summed E-state index contributed by atoms with van der Waals surface area (Å²) in [4.78, 5) is 25.8. The minimum Gasteiger partial charge on any atom is -0.352 e. The molecule has 0 unspecified atom stereocenters. The van der Waals surface area contributed by atoms with Crippen LogP contribution in [0.2, 0.25) is 0 Å². The van der Waals surface area contributed by atoms with Crippen LogP contribution in [-0.4, -0.2) is 35.4 Å². The number of nitro groups is 1. The number of amides is 1. The van der Waals surface area contributed by atoms with Crippen LogP contribution in [0.1, 0.15) is 16.1 Å². The maximum atomic E-state index is 11.9. The first-order valence-electron chi connectivity index (χ1n) is 5.68. The van der Waals surface area contributed by atoms with Gasteiger partial charge in [0.15, 0.2) is 0 Å². The fraction of sp³-hybridized carbons (Fsp3) is 0.455. The van der Waals surface area contributed by atoms with E-state index in [2.05, 4.69) is 15.6 Å². The summed E-state index contributed by atoms with van der Waals surface area (Å²) >= 11 is 0. The summed E-state index contributed by atoms with van der Waals surface area (Å²) in [6.07, 6.45) is 1.15. The van der Waals surface area contributed by atoms with E-state index < -0.39 is 4.92 Å². The molecule has 2 N–H and O–H groups in total.